The van der Waals surface area contributed by atoms with Crippen LogP contribution in [0.15, 0.2) is 47.3 Å². The Morgan fingerprint density at radius 3 is 2.56 bits per heavy atom. The highest BCUT2D eigenvalue weighted by molar-refractivity contribution is 5.91. The van der Waals surface area contributed by atoms with E-state index < -0.39 is 29.6 Å². The molecule has 0 fully saturated rings. The van der Waals surface area contributed by atoms with Crippen LogP contribution >= 0.6 is 0 Å². The monoisotopic (exact) mass is 442 g/mol. The highest BCUT2D eigenvalue weighted by Crippen LogP contribution is 2.16. The highest BCUT2D eigenvalue weighted by atomic mass is 19.1. The van der Waals surface area contributed by atoms with Gasteiger partial charge in [0.2, 0.25) is 11.8 Å². The van der Waals surface area contributed by atoms with Gasteiger partial charge in [0.1, 0.15) is 23.9 Å². The number of nitrogens with one attached hydrogen (secondary N) is 2. The summed E-state index contributed by atoms with van der Waals surface area (Å²) in [6, 6.07) is 9.59. The van der Waals surface area contributed by atoms with E-state index in [4.69, 9.17) is 0 Å². The molecule has 7 nitrogen and oxygen atoms in total. The van der Waals surface area contributed by atoms with Crippen LogP contribution in [-0.2, 0) is 22.6 Å². The van der Waals surface area contributed by atoms with Crippen molar-refractivity contribution in [2.24, 2.45) is 5.92 Å². The van der Waals surface area contributed by atoms with Crippen molar-refractivity contribution in [3.63, 3.8) is 0 Å². The Balaban J connectivity index is 1.83. The third kappa shape index (κ3) is 5.75. The van der Waals surface area contributed by atoms with Gasteiger partial charge in [-0.3, -0.25) is 19.0 Å². The van der Waals surface area contributed by atoms with Crippen LogP contribution in [0.3, 0.4) is 0 Å². The predicted octanol–water partition coefficient (Wildman–Crippen LogP) is 3.02. The van der Waals surface area contributed by atoms with E-state index in [0.29, 0.717) is 29.6 Å². The molecule has 3 rings (SSSR count). The van der Waals surface area contributed by atoms with Gasteiger partial charge in [0.05, 0.1) is 16.7 Å². The molecule has 2 aromatic carbocycles. The Morgan fingerprint density at radius 1 is 1.09 bits per heavy atom. The van der Waals surface area contributed by atoms with Gasteiger partial charge in [-0.1, -0.05) is 26.0 Å². The second-order valence-electron chi connectivity index (χ2n) is 7.81. The van der Waals surface area contributed by atoms with Crippen LogP contribution in [0.25, 0.3) is 11.0 Å². The Hall–Kier alpha value is -3.62. The van der Waals surface area contributed by atoms with Crippen molar-refractivity contribution in [2.45, 2.75) is 33.2 Å². The number of benzene rings is 2. The first kappa shape index (κ1) is 23.1. The summed E-state index contributed by atoms with van der Waals surface area (Å²) in [5.74, 6) is -2.23. The largest absolute Gasteiger partial charge is 0.356 e. The van der Waals surface area contributed by atoms with Gasteiger partial charge >= 0.3 is 0 Å². The van der Waals surface area contributed by atoms with Gasteiger partial charge in [-0.2, -0.15) is 0 Å². The molecule has 168 valence electrons. The van der Waals surface area contributed by atoms with Crippen molar-refractivity contribution in [1.82, 2.24) is 14.9 Å². The molecule has 9 heteroatoms. The van der Waals surface area contributed by atoms with Gasteiger partial charge in [0, 0.05) is 25.5 Å². The van der Waals surface area contributed by atoms with Crippen LogP contribution < -0.4 is 16.2 Å². The second kappa shape index (κ2) is 10.1. The maximum Gasteiger partial charge on any atom is 0.273 e. The molecule has 1 aromatic heterocycles. The Labute approximate surface area is 183 Å². The number of hydrogen-bond donors (Lipinski definition) is 2. The fourth-order valence-electron chi connectivity index (χ4n) is 3.13. The van der Waals surface area contributed by atoms with Crippen molar-refractivity contribution in [1.29, 1.82) is 0 Å². The zero-order chi connectivity index (χ0) is 23.3. The number of para-hydroxylation sites is 2. The molecule has 1 heterocycles. The molecule has 2 amide bonds. The minimum Gasteiger partial charge on any atom is -0.356 e. The first-order chi connectivity index (χ1) is 15.2. The summed E-state index contributed by atoms with van der Waals surface area (Å²) in [6.07, 6.45) is 0.197. The number of fused-ring (bicyclic) bond motifs is 1. The molecule has 0 aliphatic rings. The summed E-state index contributed by atoms with van der Waals surface area (Å²) < 4.78 is 28.2. The summed E-state index contributed by atoms with van der Waals surface area (Å²) in [5.41, 5.74) is 0.384. The minimum absolute atomic E-state index is 0.0836. The number of carbonyl (C=O) groups excluding carboxylic acids is 2. The van der Waals surface area contributed by atoms with E-state index in [2.05, 4.69) is 15.6 Å². The first-order valence-electron chi connectivity index (χ1n) is 10.2. The minimum atomic E-state index is -0.918. The molecule has 3 aromatic rings. The lowest BCUT2D eigenvalue weighted by Gasteiger charge is -2.13. The standard InChI is InChI=1S/C23H24F2N4O3/c1-14(2)12-26-21(30)10-9-19-23(32)29(20-6-4-3-5-18(20)27-19)13-22(31)28-17-8-7-15(24)11-16(17)25/h3-8,11,14H,9-10,12-13H2,1-2H3,(H,26,30)(H,28,31). The summed E-state index contributed by atoms with van der Waals surface area (Å²) >= 11 is 0. The SMILES string of the molecule is CC(C)CNC(=O)CCc1nc2ccccc2n(CC(=O)Nc2ccc(F)cc2F)c1=O. The average Bonchev–Trinajstić information content (AvgIpc) is 2.75. The zero-order valence-electron chi connectivity index (χ0n) is 17.8. The first-order valence-corrected chi connectivity index (χ1v) is 10.2. The maximum atomic E-state index is 13.9. The average molecular weight is 442 g/mol. The molecule has 0 radical (unpaired) electrons. The lowest BCUT2D eigenvalue weighted by Crippen LogP contribution is -2.32. The van der Waals surface area contributed by atoms with Crippen molar-refractivity contribution in [3.05, 3.63) is 70.1 Å². The predicted molar refractivity (Wildman–Crippen MR) is 117 cm³/mol. The van der Waals surface area contributed by atoms with Crippen molar-refractivity contribution in [3.8, 4) is 0 Å². The number of aryl methyl sites for hydroxylation is 1. The quantitative estimate of drug-likeness (QED) is 0.561. The molecule has 0 saturated carbocycles. The Morgan fingerprint density at radius 2 is 1.84 bits per heavy atom. The third-order valence-electron chi connectivity index (χ3n) is 4.72. The summed E-state index contributed by atoms with van der Waals surface area (Å²) in [7, 11) is 0. The van der Waals surface area contributed by atoms with Crippen LogP contribution in [0.1, 0.15) is 26.0 Å². The molecule has 0 saturated heterocycles. The van der Waals surface area contributed by atoms with E-state index in [9.17, 15) is 23.2 Å². The Bertz CT molecular complexity index is 1210. The molecule has 0 unspecified atom stereocenters. The van der Waals surface area contributed by atoms with Gasteiger partial charge in [-0.05, 0) is 30.2 Å². The molecule has 0 bridgehead atoms. The van der Waals surface area contributed by atoms with Crippen LogP contribution in [0.2, 0.25) is 0 Å². The van der Waals surface area contributed by atoms with Gasteiger partial charge in [0.15, 0.2) is 0 Å². The number of aromatic nitrogens is 2. The van der Waals surface area contributed by atoms with E-state index in [1.807, 2.05) is 13.8 Å². The third-order valence-corrected chi connectivity index (χ3v) is 4.72. The van der Waals surface area contributed by atoms with E-state index >= 15 is 0 Å². The number of carbonyl (C=O) groups is 2. The maximum absolute atomic E-state index is 13.9. The van der Waals surface area contributed by atoms with Crippen LogP contribution in [-0.4, -0.2) is 27.9 Å². The lowest BCUT2D eigenvalue weighted by atomic mass is 10.2. The fourth-order valence-corrected chi connectivity index (χ4v) is 3.13. The molecule has 2 N–H and O–H groups in total. The molecular weight excluding hydrogens is 418 g/mol. The van der Waals surface area contributed by atoms with Crippen LogP contribution in [0, 0.1) is 17.6 Å². The number of amides is 2. The summed E-state index contributed by atoms with van der Waals surface area (Å²) in [4.78, 5) is 42.0. The van der Waals surface area contributed by atoms with E-state index in [1.54, 1.807) is 24.3 Å². The van der Waals surface area contributed by atoms with Gasteiger partial charge in [0.25, 0.3) is 5.56 Å². The smallest absolute Gasteiger partial charge is 0.273 e. The molecule has 0 spiro atoms. The zero-order valence-corrected chi connectivity index (χ0v) is 17.8. The topological polar surface area (TPSA) is 93.1 Å². The van der Waals surface area contributed by atoms with Crippen molar-refractivity contribution < 1.29 is 18.4 Å². The molecule has 0 aliphatic heterocycles. The number of hydrogen-bond acceptors (Lipinski definition) is 4. The second-order valence-corrected chi connectivity index (χ2v) is 7.81. The lowest BCUT2D eigenvalue weighted by molar-refractivity contribution is -0.121. The molecule has 0 atom stereocenters. The molecule has 0 aliphatic carbocycles. The van der Waals surface area contributed by atoms with E-state index in [-0.39, 0.29) is 30.1 Å². The van der Waals surface area contributed by atoms with Crippen molar-refractivity contribution in [2.75, 3.05) is 11.9 Å². The summed E-state index contributed by atoms with van der Waals surface area (Å²) in [5, 5.41) is 5.14. The van der Waals surface area contributed by atoms with Gasteiger partial charge in [-0.25, -0.2) is 13.8 Å². The van der Waals surface area contributed by atoms with E-state index in [0.717, 1.165) is 12.1 Å². The van der Waals surface area contributed by atoms with Crippen LogP contribution in [0.5, 0.6) is 0 Å². The Kier molecular flexibility index (Phi) is 7.29. The number of halogens is 2. The van der Waals surface area contributed by atoms with Gasteiger partial charge in [-0.15, -0.1) is 0 Å². The highest BCUT2D eigenvalue weighted by Gasteiger charge is 2.16. The fraction of sp³-hybridized carbons (Fsp3) is 0.304. The molecule has 32 heavy (non-hydrogen) atoms. The van der Waals surface area contributed by atoms with Crippen LogP contribution in [0.4, 0.5) is 14.5 Å². The number of nitrogens with zero attached hydrogens (tertiary/aromatic N) is 2. The number of anilines is 1. The number of rotatable bonds is 8. The van der Waals surface area contributed by atoms with Gasteiger partial charge < -0.3 is 10.6 Å². The normalized spacial score (nSPS) is 11.0. The van der Waals surface area contributed by atoms with E-state index in [1.165, 1.54) is 4.57 Å². The van der Waals surface area contributed by atoms with Crippen molar-refractivity contribution >= 4 is 28.5 Å². The summed E-state index contributed by atoms with van der Waals surface area (Å²) in [6.45, 7) is 4.10. The molecular formula is C23H24F2N4O3.